The number of carbonyl (C=O) groups excluding carboxylic acids is 2. The first kappa shape index (κ1) is 22.9. The SMILES string of the molecule is COc1cccc(C[C@@]2(C3CCN(Cc4ccc(O)c(OC)c4)CC3)NC(=O)N(C)C2=O)c1. The number of urea groups is 1. The lowest BCUT2D eigenvalue weighted by atomic mass is 9.74. The van der Waals surface area contributed by atoms with Crippen molar-refractivity contribution in [2.45, 2.75) is 31.3 Å². The number of likely N-dealkylation sites (tertiary alicyclic amines) is 1. The average Bonchev–Trinajstić information content (AvgIpc) is 3.05. The van der Waals surface area contributed by atoms with Crippen LogP contribution in [0.4, 0.5) is 4.79 Å². The first-order chi connectivity index (χ1) is 15.9. The lowest BCUT2D eigenvalue weighted by Crippen LogP contribution is -2.57. The summed E-state index contributed by atoms with van der Waals surface area (Å²) in [6.45, 7) is 2.34. The van der Waals surface area contributed by atoms with Gasteiger partial charge >= 0.3 is 6.03 Å². The van der Waals surface area contributed by atoms with Gasteiger partial charge in [-0.25, -0.2) is 4.79 Å². The van der Waals surface area contributed by atoms with Crippen LogP contribution in [-0.2, 0) is 17.8 Å². The molecule has 2 N–H and O–H groups in total. The Labute approximate surface area is 194 Å². The highest BCUT2D eigenvalue weighted by atomic mass is 16.5. The Morgan fingerprint density at radius 1 is 1.06 bits per heavy atom. The molecule has 2 aromatic rings. The minimum absolute atomic E-state index is 0.0238. The molecule has 0 bridgehead atoms. The van der Waals surface area contributed by atoms with Crippen molar-refractivity contribution >= 4 is 11.9 Å². The second-order valence-electron chi connectivity index (χ2n) is 8.85. The molecule has 2 aliphatic heterocycles. The molecule has 0 radical (unpaired) electrons. The summed E-state index contributed by atoms with van der Waals surface area (Å²) >= 11 is 0. The monoisotopic (exact) mass is 453 g/mol. The van der Waals surface area contributed by atoms with Crippen molar-refractivity contribution in [2.75, 3.05) is 34.4 Å². The van der Waals surface area contributed by atoms with E-state index in [4.69, 9.17) is 9.47 Å². The van der Waals surface area contributed by atoms with Gasteiger partial charge in [-0.2, -0.15) is 0 Å². The second kappa shape index (κ2) is 9.31. The molecule has 1 atom stereocenters. The zero-order valence-corrected chi connectivity index (χ0v) is 19.3. The zero-order chi connectivity index (χ0) is 23.6. The van der Waals surface area contributed by atoms with E-state index in [0.717, 1.165) is 49.4 Å². The number of aromatic hydroxyl groups is 1. The van der Waals surface area contributed by atoms with Crippen molar-refractivity contribution in [1.82, 2.24) is 15.1 Å². The molecule has 176 valence electrons. The molecule has 0 spiro atoms. The number of methoxy groups -OCH3 is 2. The van der Waals surface area contributed by atoms with Crippen LogP contribution in [0.2, 0.25) is 0 Å². The summed E-state index contributed by atoms with van der Waals surface area (Å²) in [5.41, 5.74) is 1.06. The van der Waals surface area contributed by atoms with Gasteiger partial charge in [-0.1, -0.05) is 18.2 Å². The Kier molecular flexibility index (Phi) is 6.47. The number of benzene rings is 2. The quantitative estimate of drug-likeness (QED) is 0.627. The Bertz CT molecular complexity index is 1030. The molecule has 2 aromatic carbocycles. The number of amides is 3. The fourth-order valence-corrected chi connectivity index (χ4v) is 5.03. The van der Waals surface area contributed by atoms with Crippen LogP contribution >= 0.6 is 0 Å². The van der Waals surface area contributed by atoms with Crippen molar-refractivity contribution in [2.24, 2.45) is 5.92 Å². The predicted octanol–water partition coefficient (Wildman–Crippen LogP) is 2.78. The molecule has 8 nitrogen and oxygen atoms in total. The number of nitrogens with zero attached hydrogens (tertiary/aromatic N) is 2. The van der Waals surface area contributed by atoms with E-state index in [9.17, 15) is 14.7 Å². The summed E-state index contributed by atoms with van der Waals surface area (Å²) in [6, 6.07) is 12.7. The summed E-state index contributed by atoms with van der Waals surface area (Å²) in [7, 11) is 4.69. The third-order valence-corrected chi connectivity index (χ3v) is 6.87. The smallest absolute Gasteiger partial charge is 0.324 e. The van der Waals surface area contributed by atoms with E-state index < -0.39 is 5.54 Å². The van der Waals surface area contributed by atoms with Crippen molar-refractivity contribution in [3.05, 3.63) is 53.6 Å². The van der Waals surface area contributed by atoms with Gasteiger partial charge in [-0.3, -0.25) is 14.6 Å². The third-order valence-electron chi connectivity index (χ3n) is 6.87. The van der Waals surface area contributed by atoms with Gasteiger partial charge in [0.1, 0.15) is 11.3 Å². The van der Waals surface area contributed by atoms with Crippen LogP contribution < -0.4 is 14.8 Å². The molecule has 3 amide bonds. The first-order valence-corrected chi connectivity index (χ1v) is 11.2. The van der Waals surface area contributed by atoms with Crippen LogP contribution in [0.5, 0.6) is 17.2 Å². The molecule has 0 unspecified atom stereocenters. The van der Waals surface area contributed by atoms with E-state index in [-0.39, 0.29) is 23.6 Å². The summed E-state index contributed by atoms with van der Waals surface area (Å²) in [5.74, 6) is 1.17. The Hall–Kier alpha value is -3.26. The molecular weight excluding hydrogens is 422 g/mol. The number of nitrogens with one attached hydrogen (secondary N) is 1. The Balaban J connectivity index is 1.50. The van der Waals surface area contributed by atoms with Gasteiger partial charge in [0.25, 0.3) is 5.91 Å². The van der Waals surface area contributed by atoms with Crippen LogP contribution in [-0.4, -0.2) is 66.7 Å². The molecule has 0 aliphatic carbocycles. The highest BCUT2D eigenvalue weighted by molar-refractivity contribution is 6.07. The minimum atomic E-state index is -0.952. The number of carbonyl (C=O) groups is 2. The molecule has 8 heteroatoms. The molecule has 33 heavy (non-hydrogen) atoms. The summed E-state index contributed by atoms with van der Waals surface area (Å²) in [6.07, 6.45) is 2.01. The maximum atomic E-state index is 13.3. The molecule has 2 aliphatic rings. The van der Waals surface area contributed by atoms with Gasteiger partial charge in [0, 0.05) is 20.0 Å². The van der Waals surface area contributed by atoms with Gasteiger partial charge < -0.3 is 19.9 Å². The van der Waals surface area contributed by atoms with Crippen LogP contribution in [0.3, 0.4) is 0 Å². The fourth-order valence-electron chi connectivity index (χ4n) is 5.03. The lowest BCUT2D eigenvalue weighted by Gasteiger charge is -2.41. The highest BCUT2D eigenvalue weighted by Gasteiger charge is 2.54. The molecule has 0 saturated carbocycles. The van der Waals surface area contributed by atoms with E-state index in [2.05, 4.69) is 10.2 Å². The standard InChI is InChI=1S/C25H31N3O5/c1-27-23(30)25(26-24(27)31,15-17-5-4-6-20(13-17)32-2)19-9-11-28(12-10-19)16-18-7-8-21(29)22(14-18)33-3/h4-8,13-14,19,29H,9-12,15-16H2,1-3H3,(H,26,31)/t25-/m0/s1. The second-order valence-corrected chi connectivity index (χ2v) is 8.85. The average molecular weight is 454 g/mol. The highest BCUT2D eigenvalue weighted by Crippen LogP contribution is 2.37. The number of hydrogen-bond acceptors (Lipinski definition) is 6. The van der Waals surface area contributed by atoms with Gasteiger partial charge in [-0.05, 0) is 67.2 Å². The van der Waals surface area contributed by atoms with E-state index in [0.29, 0.717) is 12.2 Å². The molecular formula is C25H31N3O5. The van der Waals surface area contributed by atoms with Crippen LogP contribution in [0.1, 0.15) is 24.0 Å². The number of hydrogen-bond donors (Lipinski definition) is 2. The van der Waals surface area contributed by atoms with Crippen LogP contribution in [0.25, 0.3) is 0 Å². The maximum absolute atomic E-state index is 13.3. The Morgan fingerprint density at radius 3 is 2.45 bits per heavy atom. The topological polar surface area (TPSA) is 91.3 Å². The van der Waals surface area contributed by atoms with Crippen LogP contribution in [0.15, 0.2) is 42.5 Å². The normalized spacial score (nSPS) is 21.8. The largest absolute Gasteiger partial charge is 0.504 e. The summed E-state index contributed by atoms with van der Waals surface area (Å²) in [4.78, 5) is 29.3. The third kappa shape index (κ3) is 4.48. The van der Waals surface area contributed by atoms with Crippen molar-refractivity contribution in [3.8, 4) is 17.2 Å². The zero-order valence-electron chi connectivity index (χ0n) is 19.3. The van der Waals surface area contributed by atoms with Gasteiger partial charge in [-0.15, -0.1) is 0 Å². The number of piperidine rings is 1. The van der Waals surface area contributed by atoms with Gasteiger partial charge in [0.2, 0.25) is 0 Å². The Morgan fingerprint density at radius 2 is 1.82 bits per heavy atom. The van der Waals surface area contributed by atoms with E-state index in [1.165, 1.54) is 12.0 Å². The van der Waals surface area contributed by atoms with Crippen molar-refractivity contribution < 1.29 is 24.2 Å². The number of likely N-dealkylation sites (N-methyl/N-ethyl adjacent to an activating group) is 1. The summed E-state index contributed by atoms with van der Waals surface area (Å²) < 4.78 is 10.6. The van der Waals surface area contributed by atoms with E-state index >= 15 is 0 Å². The molecule has 0 aromatic heterocycles. The molecule has 4 rings (SSSR count). The van der Waals surface area contributed by atoms with Crippen molar-refractivity contribution in [1.29, 1.82) is 0 Å². The van der Waals surface area contributed by atoms with E-state index in [1.807, 2.05) is 36.4 Å². The maximum Gasteiger partial charge on any atom is 0.324 e. The number of ether oxygens (including phenoxy) is 2. The van der Waals surface area contributed by atoms with E-state index in [1.54, 1.807) is 20.2 Å². The first-order valence-electron chi connectivity index (χ1n) is 11.2. The number of phenols is 1. The fraction of sp³-hybridized carbons (Fsp3) is 0.440. The minimum Gasteiger partial charge on any atom is -0.504 e. The summed E-state index contributed by atoms with van der Waals surface area (Å²) in [5, 5.41) is 12.9. The van der Waals surface area contributed by atoms with Crippen LogP contribution in [0, 0.1) is 5.92 Å². The van der Waals surface area contributed by atoms with Gasteiger partial charge in [0.05, 0.1) is 14.2 Å². The molecule has 2 fully saturated rings. The number of phenolic OH excluding ortho intramolecular Hbond substituents is 1. The van der Waals surface area contributed by atoms with Gasteiger partial charge in [0.15, 0.2) is 11.5 Å². The number of imide groups is 1. The molecule has 2 saturated heterocycles. The predicted molar refractivity (Wildman–Crippen MR) is 123 cm³/mol. The van der Waals surface area contributed by atoms with Crippen molar-refractivity contribution in [3.63, 3.8) is 0 Å². The molecule has 2 heterocycles. The lowest BCUT2D eigenvalue weighted by molar-refractivity contribution is -0.133. The number of rotatable bonds is 7.